The van der Waals surface area contributed by atoms with Crippen LogP contribution < -0.4 is 0 Å². The summed E-state index contributed by atoms with van der Waals surface area (Å²) >= 11 is 0. The van der Waals surface area contributed by atoms with Crippen LogP contribution in [0, 0.1) is 11.3 Å². The number of carboxylic acids is 1. The normalized spacial score (nSPS) is 13.8. The number of nitrogens with zero attached hydrogens (tertiary/aromatic N) is 2. The summed E-state index contributed by atoms with van der Waals surface area (Å²) in [6.07, 6.45) is 0.897. The second kappa shape index (κ2) is 6.91. The summed E-state index contributed by atoms with van der Waals surface area (Å²) in [5.74, 6) is -0.819. The van der Waals surface area contributed by atoms with Gasteiger partial charge < -0.3 is 5.11 Å². The largest absolute Gasteiger partial charge is 0.480 e. The van der Waals surface area contributed by atoms with Crippen molar-refractivity contribution in [3.05, 3.63) is 35.4 Å². The Morgan fingerprint density at radius 3 is 2.37 bits per heavy atom. The van der Waals surface area contributed by atoms with Crippen molar-refractivity contribution in [3.63, 3.8) is 0 Å². The number of benzene rings is 1. The van der Waals surface area contributed by atoms with Gasteiger partial charge in [-0.25, -0.2) is 0 Å². The first kappa shape index (κ1) is 15.2. The molecule has 102 valence electrons. The van der Waals surface area contributed by atoms with Gasteiger partial charge in [-0.1, -0.05) is 19.1 Å². The van der Waals surface area contributed by atoms with Crippen LogP contribution in [0.25, 0.3) is 0 Å². The van der Waals surface area contributed by atoms with E-state index in [0.29, 0.717) is 5.56 Å². The van der Waals surface area contributed by atoms with Crippen molar-refractivity contribution < 1.29 is 9.90 Å². The van der Waals surface area contributed by atoms with Crippen molar-refractivity contribution >= 4 is 5.97 Å². The van der Waals surface area contributed by atoms with E-state index in [0.717, 1.165) is 12.0 Å². The molecule has 0 amide bonds. The molecule has 0 heterocycles. The predicted octanol–water partition coefficient (Wildman–Crippen LogP) is 2.80. The number of hydrogen-bond acceptors (Lipinski definition) is 3. The fraction of sp³-hybridized carbons (Fsp3) is 0.467. The van der Waals surface area contributed by atoms with E-state index < -0.39 is 5.97 Å². The lowest BCUT2D eigenvalue weighted by Crippen LogP contribution is -2.39. The van der Waals surface area contributed by atoms with Crippen LogP contribution in [0.15, 0.2) is 24.3 Å². The standard InChI is InChI=1S/C15H20N2O2/c1-4-11(2)17(10-15(18)19)12(3)14-7-5-13(9-16)6-8-14/h5-8,11-12H,4,10H2,1-3H3,(H,18,19). The van der Waals surface area contributed by atoms with Crippen LogP contribution in [-0.4, -0.2) is 28.6 Å². The lowest BCUT2D eigenvalue weighted by Gasteiger charge is -2.33. The smallest absolute Gasteiger partial charge is 0.317 e. The highest BCUT2D eigenvalue weighted by atomic mass is 16.4. The van der Waals surface area contributed by atoms with Crippen molar-refractivity contribution in [1.82, 2.24) is 4.90 Å². The quantitative estimate of drug-likeness (QED) is 0.854. The molecule has 0 saturated heterocycles. The van der Waals surface area contributed by atoms with E-state index in [1.165, 1.54) is 0 Å². The van der Waals surface area contributed by atoms with Gasteiger partial charge in [0.1, 0.15) is 0 Å². The molecule has 2 unspecified atom stereocenters. The molecule has 1 aromatic rings. The minimum atomic E-state index is -0.819. The van der Waals surface area contributed by atoms with Crippen molar-refractivity contribution in [1.29, 1.82) is 5.26 Å². The van der Waals surface area contributed by atoms with Crippen LogP contribution in [0.3, 0.4) is 0 Å². The van der Waals surface area contributed by atoms with Gasteiger partial charge in [-0.2, -0.15) is 5.26 Å². The Balaban J connectivity index is 2.94. The molecule has 0 aliphatic heterocycles. The third-order valence-electron chi connectivity index (χ3n) is 3.49. The van der Waals surface area contributed by atoms with Crippen molar-refractivity contribution in [2.24, 2.45) is 0 Å². The highest BCUT2D eigenvalue weighted by Gasteiger charge is 2.22. The number of rotatable bonds is 6. The van der Waals surface area contributed by atoms with Crippen LogP contribution in [0.4, 0.5) is 0 Å². The molecule has 0 aliphatic rings. The van der Waals surface area contributed by atoms with E-state index in [1.54, 1.807) is 12.1 Å². The molecule has 1 rings (SSSR count). The summed E-state index contributed by atoms with van der Waals surface area (Å²) in [5, 5.41) is 17.8. The maximum absolute atomic E-state index is 11.0. The van der Waals surface area contributed by atoms with Crippen molar-refractivity contribution in [3.8, 4) is 6.07 Å². The second-order valence-electron chi connectivity index (χ2n) is 4.73. The minimum absolute atomic E-state index is 0.0128. The Morgan fingerprint density at radius 1 is 1.37 bits per heavy atom. The molecule has 0 saturated carbocycles. The number of hydrogen-bond donors (Lipinski definition) is 1. The van der Waals surface area contributed by atoms with Gasteiger partial charge in [0, 0.05) is 12.1 Å². The lowest BCUT2D eigenvalue weighted by molar-refractivity contribution is -0.139. The first-order chi connectivity index (χ1) is 8.99. The van der Waals surface area contributed by atoms with Gasteiger partial charge in [0.25, 0.3) is 0 Å². The fourth-order valence-corrected chi connectivity index (χ4v) is 2.09. The van der Waals surface area contributed by atoms with Gasteiger partial charge >= 0.3 is 5.97 Å². The molecule has 0 radical (unpaired) electrons. The van der Waals surface area contributed by atoms with Gasteiger partial charge in [-0.05, 0) is 38.0 Å². The molecule has 0 bridgehead atoms. The van der Waals surface area contributed by atoms with Crippen LogP contribution in [0.2, 0.25) is 0 Å². The Labute approximate surface area is 114 Å². The highest BCUT2D eigenvalue weighted by molar-refractivity contribution is 5.69. The average Bonchev–Trinajstić information content (AvgIpc) is 2.43. The Morgan fingerprint density at radius 2 is 1.95 bits per heavy atom. The molecule has 4 nitrogen and oxygen atoms in total. The number of carboxylic acid groups (broad SMARTS) is 1. The summed E-state index contributed by atoms with van der Waals surface area (Å²) in [4.78, 5) is 12.9. The molecular weight excluding hydrogens is 240 g/mol. The fourth-order valence-electron chi connectivity index (χ4n) is 2.09. The minimum Gasteiger partial charge on any atom is -0.480 e. The summed E-state index contributed by atoms with van der Waals surface area (Å²) in [6.45, 7) is 6.10. The van der Waals surface area contributed by atoms with E-state index in [-0.39, 0.29) is 18.6 Å². The summed E-state index contributed by atoms with van der Waals surface area (Å²) in [5.41, 5.74) is 1.64. The van der Waals surface area contributed by atoms with Gasteiger partial charge in [-0.3, -0.25) is 9.69 Å². The summed E-state index contributed by atoms with van der Waals surface area (Å²) in [6, 6.07) is 9.60. The van der Waals surface area contributed by atoms with E-state index in [9.17, 15) is 4.79 Å². The van der Waals surface area contributed by atoms with Crippen molar-refractivity contribution in [2.45, 2.75) is 39.3 Å². The van der Waals surface area contributed by atoms with E-state index >= 15 is 0 Å². The predicted molar refractivity (Wildman–Crippen MR) is 73.7 cm³/mol. The van der Waals surface area contributed by atoms with Crippen LogP contribution in [0.5, 0.6) is 0 Å². The highest BCUT2D eigenvalue weighted by Crippen LogP contribution is 2.23. The molecule has 19 heavy (non-hydrogen) atoms. The van der Waals surface area contributed by atoms with E-state index in [2.05, 4.69) is 6.07 Å². The van der Waals surface area contributed by atoms with Gasteiger partial charge in [-0.15, -0.1) is 0 Å². The molecule has 4 heteroatoms. The van der Waals surface area contributed by atoms with Crippen LogP contribution >= 0.6 is 0 Å². The topological polar surface area (TPSA) is 64.3 Å². The maximum atomic E-state index is 11.0. The molecular formula is C15H20N2O2. The van der Waals surface area contributed by atoms with Gasteiger partial charge in [0.15, 0.2) is 0 Å². The Hall–Kier alpha value is -1.86. The molecule has 0 aliphatic carbocycles. The molecule has 1 N–H and O–H groups in total. The average molecular weight is 260 g/mol. The van der Waals surface area contributed by atoms with Crippen LogP contribution in [-0.2, 0) is 4.79 Å². The molecule has 1 aromatic carbocycles. The zero-order valence-corrected chi connectivity index (χ0v) is 11.6. The monoisotopic (exact) mass is 260 g/mol. The first-order valence-electron chi connectivity index (χ1n) is 6.47. The number of carbonyl (C=O) groups is 1. The second-order valence-corrected chi connectivity index (χ2v) is 4.73. The van der Waals surface area contributed by atoms with Gasteiger partial charge in [0.2, 0.25) is 0 Å². The Kier molecular flexibility index (Phi) is 5.53. The molecule has 2 atom stereocenters. The van der Waals surface area contributed by atoms with Crippen LogP contribution in [0.1, 0.15) is 44.4 Å². The molecule has 0 fully saturated rings. The maximum Gasteiger partial charge on any atom is 0.317 e. The van der Waals surface area contributed by atoms with Gasteiger partial charge in [0.05, 0.1) is 18.2 Å². The van der Waals surface area contributed by atoms with E-state index in [4.69, 9.17) is 10.4 Å². The number of aliphatic carboxylic acids is 1. The third-order valence-corrected chi connectivity index (χ3v) is 3.49. The number of nitriles is 1. The van der Waals surface area contributed by atoms with Crippen molar-refractivity contribution in [2.75, 3.05) is 6.54 Å². The zero-order valence-electron chi connectivity index (χ0n) is 11.6. The summed E-state index contributed by atoms with van der Waals surface area (Å²) < 4.78 is 0. The first-order valence-corrected chi connectivity index (χ1v) is 6.47. The third kappa shape index (κ3) is 4.08. The summed E-state index contributed by atoms with van der Waals surface area (Å²) in [7, 11) is 0. The molecule has 0 aromatic heterocycles. The van der Waals surface area contributed by atoms with E-state index in [1.807, 2.05) is 37.8 Å². The zero-order chi connectivity index (χ0) is 14.4. The molecule has 0 spiro atoms. The SMILES string of the molecule is CCC(C)N(CC(=O)O)C(C)c1ccc(C#N)cc1. The Bertz CT molecular complexity index is 462. The lowest BCUT2D eigenvalue weighted by atomic mass is 10.0.